The molecule has 1 fully saturated rings. The van der Waals surface area contributed by atoms with Crippen molar-refractivity contribution < 1.29 is 4.74 Å². The number of thioether (sulfide) groups is 1. The Kier molecular flexibility index (Phi) is 4.55. The molecule has 88 valence electrons. The van der Waals surface area contributed by atoms with Gasteiger partial charge in [-0.05, 0) is 50.2 Å². The van der Waals surface area contributed by atoms with Crippen molar-refractivity contribution in [1.29, 1.82) is 0 Å². The minimum Gasteiger partial charge on any atom is -0.492 e. The molecule has 1 aromatic rings. The first-order valence-corrected chi connectivity index (χ1v) is 7.09. The lowest BCUT2D eigenvalue weighted by Gasteiger charge is -2.23. The van der Waals surface area contributed by atoms with Gasteiger partial charge >= 0.3 is 0 Å². The van der Waals surface area contributed by atoms with E-state index in [-0.39, 0.29) is 0 Å². The van der Waals surface area contributed by atoms with E-state index < -0.39 is 0 Å². The summed E-state index contributed by atoms with van der Waals surface area (Å²) in [6.07, 6.45) is 4.57. The summed E-state index contributed by atoms with van der Waals surface area (Å²) in [4.78, 5) is 1.23. The van der Waals surface area contributed by atoms with Crippen molar-refractivity contribution in [3.05, 3.63) is 24.3 Å². The maximum atomic E-state index is 5.92. The van der Waals surface area contributed by atoms with Gasteiger partial charge in [-0.2, -0.15) is 0 Å². The zero-order valence-corrected chi connectivity index (χ0v) is 10.6. The minimum atomic E-state index is 0.719. The highest BCUT2D eigenvalue weighted by Crippen LogP contribution is 2.27. The van der Waals surface area contributed by atoms with Crippen LogP contribution in [0.1, 0.15) is 12.8 Å². The lowest BCUT2D eigenvalue weighted by molar-refractivity contribution is 0.211. The highest BCUT2D eigenvalue weighted by molar-refractivity contribution is 7.98. The van der Waals surface area contributed by atoms with Crippen molar-refractivity contribution in [1.82, 2.24) is 5.32 Å². The predicted octanol–water partition coefficient (Wildman–Crippen LogP) is 2.79. The second kappa shape index (κ2) is 6.16. The fraction of sp³-hybridized carbons (Fsp3) is 0.538. The van der Waals surface area contributed by atoms with Gasteiger partial charge in [0.1, 0.15) is 5.75 Å². The summed E-state index contributed by atoms with van der Waals surface area (Å²) < 4.78 is 5.92. The lowest BCUT2D eigenvalue weighted by atomic mass is 9.99. The Labute approximate surface area is 102 Å². The Balaban J connectivity index is 1.88. The number of benzene rings is 1. The number of hydrogen-bond donors (Lipinski definition) is 1. The number of ether oxygens (including phenoxy) is 1. The summed E-state index contributed by atoms with van der Waals surface area (Å²) in [6.45, 7) is 3.13. The second-order valence-corrected chi connectivity index (χ2v) is 5.00. The van der Waals surface area contributed by atoms with Crippen LogP contribution >= 0.6 is 11.8 Å². The largest absolute Gasteiger partial charge is 0.492 e. The maximum absolute atomic E-state index is 5.92. The molecule has 1 aliphatic heterocycles. The van der Waals surface area contributed by atoms with Crippen LogP contribution in [0, 0.1) is 5.92 Å². The van der Waals surface area contributed by atoms with Crippen LogP contribution in [0.5, 0.6) is 5.75 Å². The number of piperidine rings is 1. The first-order valence-electron chi connectivity index (χ1n) is 5.86. The van der Waals surface area contributed by atoms with Gasteiger partial charge in [0.25, 0.3) is 0 Å². The number of nitrogens with one attached hydrogen (secondary N) is 1. The number of hydrogen-bond acceptors (Lipinski definition) is 3. The minimum absolute atomic E-state index is 0.719. The van der Waals surface area contributed by atoms with E-state index in [1.807, 2.05) is 6.07 Å². The fourth-order valence-corrected chi connectivity index (χ4v) is 2.54. The third-order valence-corrected chi connectivity index (χ3v) is 3.78. The van der Waals surface area contributed by atoms with Crippen LogP contribution < -0.4 is 10.1 Å². The van der Waals surface area contributed by atoms with Crippen LogP contribution in [0.25, 0.3) is 0 Å². The zero-order chi connectivity index (χ0) is 11.2. The Morgan fingerprint density at radius 3 is 2.81 bits per heavy atom. The van der Waals surface area contributed by atoms with Crippen LogP contribution in [-0.4, -0.2) is 26.0 Å². The Hall–Kier alpha value is -0.670. The normalized spacial score (nSPS) is 17.3. The molecule has 16 heavy (non-hydrogen) atoms. The molecular formula is C13H19NOS. The molecule has 1 saturated heterocycles. The predicted molar refractivity (Wildman–Crippen MR) is 69.3 cm³/mol. The highest BCUT2D eigenvalue weighted by atomic mass is 32.2. The van der Waals surface area contributed by atoms with Gasteiger partial charge < -0.3 is 10.1 Å². The monoisotopic (exact) mass is 237 g/mol. The van der Waals surface area contributed by atoms with E-state index in [9.17, 15) is 0 Å². The van der Waals surface area contributed by atoms with Gasteiger partial charge in [0.2, 0.25) is 0 Å². The van der Waals surface area contributed by atoms with E-state index in [2.05, 4.69) is 29.8 Å². The highest BCUT2D eigenvalue weighted by Gasteiger charge is 2.14. The second-order valence-electron chi connectivity index (χ2n) is 4.16. The van der Waals surface area contributed by atoms with Gasteiger partial charge in [-0.25, -0.2) is 0 Å². The number of rotatable bonds is 4. The molecule has 1 heterocycles. The quantitative estimate of drug-likeness (QED) is 0.814. The van der Waals surface area contributed by atoms with Crippen molar-refractivity contribution in [3.8, 4) is 5.75 Å². The van der Waals surface area contributed by atoms with Crippen molar-refractivity contribution in [2.45, 2.75) is 17.7 Å². The van der Waals surface area contributed by atoms with Gasteiger partial charge in [0.05, 0.1) is 6.61 Å². The molecule has 3 heteroatoms. The van der Waals surface area contributed by atoms with Gasteiger partial charge in [0, 0.05) is 4.90 Å². The Morgan fingerprint density at radius 2 is 2.06 bits per heavy atom. The van der Waals surface area contributed by atoms with E-state index in [4.69, 9.17) is 4.74 Å². The average molecular weight is 237 g/mol. The number of para-hydroxylation sites is 1. The van der Waals surface area contributed by atoms with Crippen molar-refractivity contribution >= 4 is 11.8 Å². The van der Waals surface area contributed by atoms with Crippen molar-refractivity contribution in [3.63, 3.8) is 0 Å². The summed E-state index contributed by atoms with van der Waals surface area (Å²) in [5, 5.41) is 3.38. The fourth-order valence-electron chi connectivity index (χ4n) is 1.99. The van der Waals surface area contributed by atoms with Gasteiger partial charge in [-0.3, -0.25) is 0 Å². The molecule has 0 spiro atoms. The summed E-state index contributed by atoms with van der Waals surface area (Å²) in [5.74, 6) is 1.75. The summed E-state index contributed by atoms with van der Waals surface area (Å²) >= 11 is 1.74. The summed E-state index contributed by atoms with van der Waals surface area (Å²) in [5.41, 5.74) is 0. The summed E-state index contributed by atoms with van der Waals surface area (Å²) in [6, 6.07) is 8.27. The Morgan fingerprint density at radius 1 is 1.31 bits per heavy atom. The molecular weight excluding hydrogens is 218 g/mol. The summed E-state index contributed by atoms with van der Waals surface area (Å²) in [7, 11) is 0. The first-order chi connectivity index (χ1) is 7.90. The van der Waals surface area contributed by atoms with Crippen LogP contribution in [0.4, 0.5) is 0 Å². The molecule has 0 atom stereocenters. The van der Waals surface area contributed by atoms with Crippen LogP contribution in [0.2, 0.25) is 0 Å². The molecule has 0 saturated carbocycles. The first kappa shape index (κ1) is 11.8. The Bertz CT molecular complexity index is 323. The molecule has 0 unspecified atom stereocenters. The molecule has 2 nitrogen and oxygen atoms in total. The zero-order valence-electron chi connectivity index (χ0n) is 9.74. The van der Waals surface area contributed by atoms with Crippen LogP contribution in [0.15, 0.2) is 29.2 Å². The van der Waals surface area contributed by atoms with E-state index in [1.54, 1.807) is 11.8 Å². The third-order valence-electron chi connectivity index (χ3n) is 3.00. The average Bonchev–Trinajstić information content (AvgIpc) is 2.38. The molecule has 0 aliphatic carbocycles. The van der Waals surface area contributed by atoms with Gasteiger partial charge in [-0.15, -0.1) is 11.8 Å². The lowest BCUT2D eigenvalue weighted by Crippen LogP contribution is -2.30. The molecule has 0 aromatic heterocycles. The van der Waals surface area contributed by atoms with Crippen LogP contribution in [0.3, 0.4) is 0 Å². The third kappa shape index (κ3) is 3.16. The standard InChI is InChI=1S/C13H19NOS/c1-16-13-5-3-2-4-12(13)15-10-11-6-8-14-9-7-11/h2-5,11,14H,6-10H2,1H3. The molecule has 0 radical (unpaired) electrons. The maximum Gasteiger partial charge on any atom is 0.132 e. The SMILES string of the molecule is CSc1ccccc1OCC1CCNCC1. The van der Waals surface area contributed by atoms with Gasteiger partial charge in [-0.1, -0.05) is 12.1 Å². The van der Waals surface area contributed by atoms with E-state index in [0.717, 1.165) is 31.4 Å². The van der Waals surface area contributed by atoms with E-state index in [0.29, 0.717) is 0 Å². The van der Waals surface area contributed by atoms with Gasteiger partial charge in [0.15, 0.2) is 0 Å². The molecule has 1 N–H and O–H groups in total. The van der Waals surface area contributed by atoms with E-state index >= 15 is 0 Å². The van der Waals surface area contributed by atoms with Crippen molar-refractivity contribution in [2.75, 3.05) is 26.0 Å². The van der Waals surface area contributed by atoms with Crippen LogP contribution in [-0.2, 0) is 0 Å². The molecule has 2 rings (SSSR count). The smallest absolute Gasteiger partial charge is 0.132 e. The molecule has 0 bridgehead atoms. The topological polar surface area (TPSA) is 21.3 Å². The van der Waals surface area contributed by atoms with E-state index in [1.165, 1.54) is 17.7 Å². The molecule has 0 amide bonds. The van der Waals surface area contributed by atoms with Crippen molar-refractivity contribution in [2.24, 2.45) is 5.92 Å². The molecule has 1 aliphatic rings. The molecule has 1 aromatic carbocycles.